The fraction of sp³-hybridized carbons (Fsp3) is 0. The Labute approximate surface area is 239 Å². The Balaban J connectivity index is 1.61. The molecule has 12 aromatic carbocycles. The summed E-state index contributed by atoms with van der Waals surface area (Å²) in [7, 11) is 0. The van der Waals surface area contributed by atoms with E-state index in [1.807, 2.05) is 0 Å². The highest BCUT2D eigenvalue weighted by atomic mass is 14.3. The zero-order chi connectivity index (χ0) is 26.8. The van der Waals surface area contributed by atoms with Crippen molar-refractivity contribution in [3.63, 3.8) is 0 Å². The number of hydrogen-bond acceptors (Lipinski definition) is 0. The minimum Gasteiger partial charge on any atom is -0.0616 e. The summed E-state index contributed by atoms with van der Waals surface area (Å²) >= 11 is 0. The predicted molar refractivity (Wildman–Crippen MR) is 184 cm³/mol. The molecule has 0 aliphatic carbocycles. The van der Waals surface area contributed by atoms with E-state index in [1.165, 1.54) is 118 Å². The van der Waals surface area contributed by atoms with Gasteiger partial charge in [-0.2, -0.15) is 0 Å². The Morgan fingerprint density at radius 2 is 0.500 bits per heavy atom. The minimum absolute atomic E-state index is 1.31. The smallest absolute Gasteiger partial charge is 0.0000699 e. The molecule has 0 aliphatic heterocycles. The van der Waals surface area contributed by atoms with Gasteiger partial charge in [0, 0.05) is 0 Å². The molecule has 0 nitrogen and oxygen atoms in total. The molecule has 42 heavy (non-hydrogen) atoms. The van der Waals surface area contributed by atoms with E-state index in [4.69, 9.17) is 0 Å². The third kappa shape index (κ3) is 2.00. The van der Waals surface area contributed by atoms with Gasteiger partial charge in [0.25, 0.3) is 0 Å². The summed E-state index contributed by atoms with van der Waals surface area (Å²) in [5, 5.41) is 30.5. The van der Waals surface area contributed by atoms with E-state index in [0.717, 1.165) is 0 Å². The van der Waals surface area contributed by atoms with Crippen molar-refractivity contribution in [3.05, 3.63) is 121 Å². The number of benzene rings is 11. The van der Waals surface area contributed by atoms with Crippen LogP contribution >= 0.6 is 0 Å². The molecular weight excluding hydrogens is 504 g/mol. The van der Waals surface area contributed by atoms with Crippen molar-refractivity contribution in [1.29, 1.82) is 0 Å². The SMILES string of the molecule is c1ccc2c(c1)c1cc3c4cccc5cccc(c6cc7c8ccccc8c8c9ccccc9c2c2c1c(c36)c7c82)c54. The van der Waals surface area contributed by atoms with Gasteiger partial charge in [-0.3, -0.25) is 0 Å². The summed E-state index contributed by atoms with van der Waals surface area (Å²) in [5.41, 5.74) is 0. The quantitative estimate of drug-likeness (QED) is 0.137. The van der Waals surface area contributed by atoms with Gasteiger partial charge < -0.3 is 0 Å². The molecule has 0 bridgehead atoms. The van der Waals surface area contributed by atoms with E-state index in [2.05, 4.69) is 121 Å². The molecule has 0 N–H and O–H groups in total. The second-order valence-electron chi connectivity index (χ2n) is 12.3. The first-order valence-electron chi connectivity index (χ1n) is 14.9. The number of fused-ring (bicyclic) bond motifs is 11. The van der Waals surface area contributed by atoms with Crippen LogP contribution in [0.15, 0.2) is 121 Å². The third-order valence-corrected chi connectivity index (χ3v) is 10.6. The fourth-order valence-electron chi connectivity index (χ4n) is 9.16. The average molecular weight is 525 g/mol. The Morgan fingerprint density at radius 1 is 0.190 bits per heavy atom. The highest BCUT2D eigenvalue weighted by Crippen LogP contribution is 2.58. The molecule has 0 heteroatoms. The van der Waals surface area contributed by atoms with Crippen LogP contribution in [0.25, 0.3) is 118 Å². The maximum atomic E-state index is 2.53. The molecule has 0 saturated heterocycles. The topological polar surface area (TPSA) is 0 Å². The predicted octanol–water partition coefficient (Wildman–Crippen LogP) is 12.1. The minimum atomic E-state index is 1.31. The molecule has 0 fully saturated rings. The van der Waals surface area contributed by atoms with Gasteiger partial charge in [0.05, 0.1) is 0 Å². The maximum absolute atomic E-state index is 2.53. The first-order valence-corrected chi connectivity index (χ1v) is 14.9. The van der Waals surface area contributed by atoms with E-state index >= 15 is 0 Å². The highest BCUT2D eigenvalue weighted by molar-refractivity contribution is 6.58. The molecule has 0 atom stereocenters. The summed E-state index contributed by atoms with van der Waals surface area (Å²) in [6.45, 7) is 0. The fourth-order valence-corrected chi connectivity index (χ4v) is 9.16. The van der Waals surface area contributed by atoms with Crippen molar-refractivity contribution >= 4 is 118 Å². The Morgan fingerprint density at radius 3 is 0.976 bits per heavy atom. The first-order chi connectivity index (χ1) is 20.9. The molecule has 12 aromatic rings. The van der Waals surface area contributed by atoms with Gasteiger partial charge >= 0.3 is 0 Å². The molecule has 0 saturated carbocycles. The summed E-state index contributed by atoms with van der Waals surface area (Å²) < 4.78 is 0. The number of hydrogen-bond donors (Lipinski definition) is 0. The van der Waals surface area contributed by atoms with Gasteiger partial charge in [0.1, 0.15) is 0 Å². The van der Waals surface area contributed by atoms with E-state index in [9.17, 15) is 0 Å². The lowest BCUT2D eigenvalue weighted by Crippen LogP contribution is -1.89. The molecule has 0 aromatic heterocycles. The summed E-state index contributed by atoms with van der Waals surface area (Å²) in [5.74, 6) is 0. The summed E-state index contributed by atoms with van der Waals surface area (Å²) in [6, 6.07) is 46.1. The lowest BCUT2D eigenvalue weighted by molar-refractivity contribution is 1.82. The van der Waals surface area contributed by atoms with Crippen molar-refractivity contribution in [2.24, 2.45) is 0 Å². The van der Waals surface area contributed by atoms with Crippen molar-refractivity contribution in [2.75, 3.05) is 0 Å². The van der Waals surface area contributed by atoms with Crippen LogP contribution in [0.1, 0.15) is 0 Å². The largest absolute Gasteiger partial charge is 0.0616 e. The van der Waals surface area contributed by atoms with Crippen LogP contribution in [-0.4, -0.2) is 0 Å². The second-order valence-corrected chi connectivity index (χ2v) is 12.3. The molecule has 0 amide bonds. The molecule has 0 spiro atoms. The van der Waals surface area contributed by atoms with E-state index in [0.29, 0.717) is 0 Å². The Bertz CT molecular complexity index is 2900. The van der Waals surface area contributed by atoms with E-state index in [1.54, 1.807) is 0 Å². The molecule has 0 heterocycles. The Kier molecular flexibility index (Phi) is 3.18. The summed E-state index contributed by atoms with van der Waals surface area (Å²) in [6.07, 6.45) is 0. The normalized spacial score (nSPS) is 13.2. The molecule has 0 unspecified atom stereocenters. The van der Waals surface area contributed by atoms with Crippen LogP contribution in [0.4, 0.5) is 0 Å². The van der Waals surface area contributed by atoms with Crippen LogP contribution < -0.4 is 0 Å². The van der Waals surface area contributed by atoms with Gasteiger partial charge in [-0.05, 0) is 131 Å². The van der Waals surface area contributed by atoms with Crippen molar-refractivity contribution < 1.29 is 0 Å². The third-order valence-electron chi connectivity index (χ3n) is 10.6. The van der Waals surface area contributed by atoms with Gasteiger partial charge in [-0.25, -0.2) is 0 Å². The van der Waals surface area contributed by atoms with Crippen LogP contribution in [0.2, 0.25) is 0 Å². The van der Waals surface area contributed by atoms with Gasteiger partial charge in [0.15, 0.2) is 0 Å². The lowest BCUT2D eigenvalue weighted by Gasteiger charge is -2.17. The zero-order valence-corrected chi connectivity index (χ0v) is 22.5. The van der Waals surface area contributed by atoms with E-state index < -0.39 is 0 Å². The van der Waals surface area contributed by atoms with Crippen LogP contribution in [0.5, 0.6) is 0 Å². The standard InChI is InChI=1S/C42H20/c1-3-13-24-22(11-1)30-19-32-28-17-7-9-21-10-8-18-29(34(21)28)33-20-31-23-12-2-4-14-25(23)36-27-16-6-5-15-26(27)35(24)41-38(30)40(37(32)33)39(31)42(36)41/h1-20H. The molecule has 188 valence electrons. The maximum Gasteiger partial charge on any atom is -0.0000699 e. The van der Waals surface area contributed by atoms with Crippen LogP contribution in [0, 0.1) is 0 Å². The monoisotopic (exact) mass is 524 g/mol. The highest BCUT2D eigenvalue weighted by Gasteiger charge is 2.28. The molecule has 0 aliphatic rings. The van der Waals surface area contributed by atoms with Crippen molar-refractivity contribution in [3.8, 4) is 0 Å². The Hall–Kier alpha value is -5.46. The second kappa shape index (κ2) is 6.54. The number of rotatable bonds is 0. The zero-order valence-electron chi connectivity index (χ0n) is 22.5. The van der Waals surface area contributed by atoms with Crippen molar-refractivity contribution in [2.45, 2.75) is 0 Å². The van der Waals surface area contributed by atoms with Crippen LogP contribution in [0.3, 0.4) is 0 Å². The van der Waals surface area contributed by atoms with Crippen molar-refractivity contribution in [1.82, 2.24) is 0 Å². The van der Waals surface area contributed by atoms with Gasteiger partial charge in [-0.1, -0.05) is 109 Å². The van der Waals surface area contributed by atoms with Gasteiger partial charge in [0.2, 0.25) is 0 Å². The molecular formula is C42H20. The molecule has 0 radical (unpaired) electrons. The van der Waals surface area contributed by atoms with Crippen LogP contribution in [-0.2, 0) is 0 Å². The molecule has 12 rings (SSSR count). The summed E-state index contributed by atoms with van der Waals surface area (Å²) in [4.78, 5) is 0. The van der Waals surface area contributed by atoms with Gasteiger partial charge in [-0.15, -0.1) is 0 Å². The lowest BCUT2D eigenvalue weighted by atomic mass is 9.85. The first kappa shape index (κ1) is 20.4. The average Bonchev–Trinajstić information content (AvgIpc) is 3.41. The van der Waals surface area contributed by atoms with E-state index in [-0.39, 0.29) is 0 Å².